The minimum Gasteiger partial charge on any atom is -0.463 e. The number of hydrogen-bond acceptors (Lipinski definition) is 4. The maximum absolute atomic E-state index is 12.4. The summed E-state index contributed by atoms with van der Waals surface area (Å²) in [7, 11) is 1.73. The summed E-state index contributed by atoms with van der Waals surface area (Å²) < 4.78 is 4.97. The van der Waals surface area contributed by atoms with Crippen LogP contribution in [-0.4, -0.2) is 42.5 Å². The molecule has 0 aliphatic rings. The molecule has 0 radical (unpaired) electrons. The molecule has 0 aromatic carbocycles. The van der Waals surface area contributed by atoms with Crippen molar-refractivity contribution in [2.75, 3.05) is 13.7 Å². The fourth-order valence-electron chi connectivity index (χ4n) is 1.99. The molecular weight excluding hydrogens is 268 g/mol. The molecule has 0 heterocycles. The van der Waals surface area contributed by atoms with Gasteiger partial charge in [0.15, 0.2) is 0 Å². The van der Waals surface area contributed by atoms with Gasteiger partial charge in [0.1, 0.15) is 0 Å². The molecule has 0 spiro atoms. The second-order valence-corrected chi connectivity index (χ2v) is 6.02. The van der Waals surface area contributed by atoms with Crippen molar-refractivity contribution in [3.63, 3.8) is 0 Å². The van der Waals surface area contributed by atoms with Crippen molar-refractivity contribution in [1.29, 1.82) is 0 Å². The van der Waals surface area contributed by atoms with Crippen LogP contribution in [0.15, 0.2) is 11.6 Å². The normalized spacial score (nSPS) is 15.0. The minimum atomic E-state index is -0.535. The standard InChI is InChI=1S/C16H30N2O3/c1-8-21-16(20)12(6)9-13(10(2)3)18(7)15(19)14(17)11(4)5/h9-11,13-14H,8,17H2,1-7H3/b12-9+/t13-,14?/m1/s1. The molecule has 1 unspecified atom stereocenters. The van der Waals surface area contributed by atoms with Crippen molar-refractivity contribution in [2.24, 2.45) is 17.6 Å². The van der Waals surface area contributed by atoms with Gasteiger partial charge in [0.25, 0.3) is 0 Å². The second kappa shape index (κ2) is 8.82. The summed E-state index contributed by atoms with van der Waals surface area (Å²) in [6.07, 6.45) is 1.79. The number of rotatable bonds is 7. The number of nitrogens with two attached hydrogens (primary N) is 1. The van der Waals surface area contributed by atoms with Crippen molar-refractivity contribution in [3.8, 4) is 0 Å². The van der Waals surface area contributed by atoms with Crippen molar-refractivity contribution < 1.29 is 14.3 Å². The molecule has 2 atom stereocenters. The zero-order chi connectivity index (χ0) is 16.7. The van der Waals surface area contributed by atoms with Gasteiger partial charge in [-0.05, 0) is 25.7 Å². The lowest BCUT2D eigenvalue weighted by Gasteiger charge is -2.32. The number of carbonyl (C=O) groups excluding carboxylic acids is 2. The molecule has 0 saturated carbocycles. The largest absolute Gasteiger partial charge is 0.463 e. The molecule has 21 heavy (non-hydrogen) atoms. The van der Waals surface area contributed by atoms with Crippen LogP contribution in [0.1, 0.15) is 41.5 Å². The van der Waals surface area contributed by atoms with E-state index in [1.54, 1.807) is 31.9 Å². The van der Waals surface area contributed by atoms with Gasteiger partial charge in [0.2, 0.25) is 5.91 Å². The summed E-state index contributed by atoms with van der Waals surface area (Å²) in [5.74, 6) is -0.223. The average Bonchev–Trinajstić information content (AvgIpc) is 2.41. The molecule has 0 rings (SSSR count). The average molecular weight is 298 g/mol. The molecule has 0 bridgehead atoms. The Bertz CT molecular complexity index is 389. The van der Waals surface area contributed by atoms with Gasteiger partial charge in [-0.1, -0.05) is 33.8 Å². The summed E-state index contributed by atoms with van der Waals surface area (Å²) >= 11 is 0. The smallest absolute Gasteiger partial charge is 0.333 e. The van der Waals surface area contributed by atoms with Crippen LogP contribution in [-0.2, 0) is 14.3 Å². The Kier molecular flexibility index (Phi) is 8.25. The highest BCUT2D eigenvalue weighted by Gasteiger charge is 2.27. The summed E-state index contributed by atoms with van der Waals surface area (Å²) in [6, 6.07) is -0.723. The molecule has 0 aromatic heterocycles. The SMILES string of the molecule is CCOC(=O)/C(C)=C/[C@H](C(C)C)N(C)C(=O)C(N)C(C)C. The highest BCUT2D eigenvalue weighted by Crippen LogP contribution is 2.16. The summed E-state index contributed by atoms with van der Waals surface area (Å²) in [5, 5.41) is 0. The van der Waals surface area contributed by atoms with Crippen LogP contribution in [0.4, 0.5) is 0 Å². The van der Waals surface area contributed by atoms with E-state index in [2.05, 4.69) is 0 Å². The maximum Gasteiger partial charge on any atom is 0.333 e. The number of carbonyl (C=O) groups is 2. The lowest BCUT2D eigenvalue weighted by atomic mass is 9.97. The predicted octanol–water partition coefficient (Wildman–Crippen LogP) is 1.96. The van der Waals surface area contributed by atoms with Crippen LogP contribution >= 0.6 is 0 Å². The van der Waals surface area contributed by atoms with Crippen LogP contribution < -0.4 is 5.73 Å². The molecule has 0 saturated heterocycles. The number of ether oxygens (including phenoxy) is 1. The first-order valence-corrected chi connectivity index (χ1v) is 7.51. The van der Waals surface area contributed by atoms with E-state index in [9.17, 15) is 9.59 Å². The third kappa shape index (κ3) is 5.87. The Morgan fingerprint density at radius 1 is 1.19 bits per heavy atom. The molecule has 2 N–H and O–H groups in total. The first kappa shape index (κ1) is 19.6. The number of hydrogen-bond donors (Lipinski definition) is 1. The van der Waals surface area contributed by atoms with E-state index in [-0.39, 0.29) is 29.8 Å². The fraction of sp³-hybridized carbons (Fsp3) is 0.750. The number of likely N-dealkylation sites (N-methyl/N-ethyl adjacent to an activating group) is 1. The van der Waals surface area contributed by atoms with Gasteiger partial charge in [0.05, 0.1) is 18.7 Å². The van der Waals surface area contributed by atoms with Gasteiger partial charge in [0, 0.05) is 12.6 Å². The minimum absolute atomic E-state index is 0.0721. The molecule has 0 aromatic rings. The van der Waals surface area contributed by atoms with E-state index in [1.807, 2.05) is 27.7 Å². The van der Waals surface area contributed by atoms with Gasteiger partial charge in [-0.2, -0.15) is 0 Å². The predicted molar refractivity (Wildman–Crippen MR) is 84.6 cm³/mol. The number of esters is 1. The third-order valence-electron chi connectivity index (χ3n) is 3.50. The van der Waals surface area contributed by atoms with E-state index in [0.29, 0.717) is 12.2 Å². The molecule has 0 fully saturated rings. The Hall–Kier alpha value is -1.36. The van der Waals surface area contributed by atoms with Gasteiger partial charge in [-0.15, -0.1) is 0 Å². The lowest BCUT2D eigenvalue weighted by Crippen LogP contribution is -2.49. The highest BCUT2D eigenvalue weighted by molar-refractivity contribution is 5.88. The Balaban J connectivity index is 5.19. The molecule has 0 aliphatic heterocycles. The third-order valence-corrected chi connectivity index (χ3v) is 3.50. The zero-order valence-electron chi connectivity index (χ0n) is 14.3. The molecule has 0 aliphatic carbocycles. The highest BCUT2D eigenvalue weighted by atomic mass is 16.5. The molecular formula is C16H30N2O3. The van der Waals surface area contributed by atoms with E-state index >= 15 is 0 Å². The van der Waals surface area contributed by atoms with E-state index in [1.165, 1.54) is 0 Å². The second-order valence-electron chi connectivity index (χ2n) is 6.02. The van der Waals surface area contributed by atoms with Crippen molar-refractivity contribution in [3.05, 3.63) is 11.6 Å². The van der Waals surface area contributed by atoms with Crippen LogP contribution in [0.5, 0.6) is 0 Å². The van der Waals surface area contributed by atoms with E-state index in [4.69, 9.17) is 10.5 Å². The molecule has 122 valence electrons. The van der Waals surface area contributed by atoms with E-state index in [0.717, 1.165) is 0 Å². The summed E-state index contributed by atoms with van der Waals surface area (Å²) in [6.45, 7) is 11.6. The van der Waals surface area contributed by atoms with Crippen LogP contribution in [0.2, 0.25) is 0 Å². The molecule has 1 amide bonds. The number of nitrogens with zero attached hydrogens (tertiary/aromatic N) is 1. The number of amides is 1. The van der Waals surface area contributed by atoms with Gasteiger partial charge in [-0.25, -0.2) is 4.79 Å². The van der Waals surface area contributed by atoms with Crippen molar-refractivity contribution >= 4 is 11.9 Å². The van der Waals surface area contributed by atoms with Crippen molar-refractivity contribution in [2.45, 2.75) is 53.6 Å². The van der Waals surface area contributed by atoms with Crippen LogP contribution in [0.25, 0.3) is 0 Å². The zero-order valence-corrected chi connectivity index (χ0v) is 14.3. The van der Waals surface area contributed by atoms with E-state index < -0.39 is 6.04 Å². The maximum atomic E-state index is 12.4. The van der Waals surface area contributed by atoms with Gasteiger partial charge < -0.3 is 15.4 Å². The summed E-state index contributed by atoms with van der Waals surface area (Å²) in [5.41, 5.74) is 6.44. The first-order chi connectivity index (χ1) is 9.63. The summed E-state index contributed by atoms with van der Waals surface area (Å²) in [4.78, 5) is 25.7. The monoisotopic (exact) mass is 298 g/mol. The van der Waals surface area contributed by atoms with Crippen molar-refractivity contribution in [1.82, 2.24) is 4.90 Å². The van der Waals surface area contributed by atoms with Gasteiger partial charge in [-0.3, -0.25) is 4.79 Å². The van der Waals surface area contributed by atoms with Gasteiger partial charge >= 0.3 is 5.97 Å². The topological polar surface area (TPSA) is 72.6 Å². The van der Waals surface area contributed by atoms with Crippen LogP contribution in [0, 0.1) is 11.8 Å². The van der Waals surface area contributed by atoms with Crippen LogP contribution in [0.3, 0.4) is 0 Å². The molecule has 5 nitrogen and oxygen atoms in total. The Morgan fingerprint density at radius 3 is 2.10 bits per heavy atom. The quantitative estimate of drug-likeness (QED) is 0.576. The molecule has 5 heteroatoms. The Labute approximate surface area is 128 Å². The first-order valence-electron chi connectivity index (χ1n) is 7.51. The Morgan fingerprint density at radius 2 is 1.71 bits per heavy atom. The fourth-order valence-corrected chi connectivity index (χ4v) is 1.99. The lowest BCUT2D eigenvalue weighted by molar-refractivity contribution is -0.139.